The number of pyridine rings is 1. The van der Waals surface area contributed by atoms with Gasteiger partial charge in [-0.05, 0) is 42.0 Å². The van der Waals surface area contributed by atoms with Crippen molar-refractivity contribution >= 4 is 34.0 Å². The van der Waals surface area contributed by atoms with E-state index in [2.05, 4.69) is 20.3 Å². The van der Waals surface area contributed by atoms with Crippen molar-refractivity contribution in [1.82, 2.24) is 15.0 Å². The van der Waals surface area contributed by atoms with E-state index in [9.17, 15) is 0 Å². The van der Waals surface area contributed by atoms with Crippen molar-refractivity contribution < 1.29 is 4.74 Å². The molecule has 128 valence electrons. The molecule has 0 atom stereocenters. The topological polar surface area (TPSA) is 59.9 Å². The van der Waals surface area contributed by atoms with Crippen LogP contribution in [0.3, 0.4) is 0 Å². The Balaban J connectivity index is 1.79. The number of hydrogen-bond acceptors (Lipinski definition) is 5. The summed E-state index contributed by atoms with van der Waals surface area (Å²) in [4.78, 5) is 13.0. The van der Waals surface area contributed by atoms with E-state index in [-0.39, 0.29) is 0 Å². The molecule has 0 fully saturated rings. The average Bonchev–Trinajstić information content (AvgIpc) is 2.68. The molecule has 26 heavy (non-hydrogen) atoms. The second-order valence-corrected chi connectivity index (χ2v) is 6.14. The molecule has 0 radical (unpaired) electrons. The monoisotopic (exact) mass is 362 g/mol. The first kappa shape index (κ1) is 16.3. The number of halogens is 1. The summed E-state index contributed by atoms with van der Waals surface area (Å²) in [5.74, 6) is 1.43. The first-order valence-electron chi connectivity index (χ1n) is 8.00. The summed E-state index contributed by atoms with van der Waals surface area (Å²) in [7, 11) is 1.63. The van der Waals surface area contributed by atoms with E-state index in [1.165, 1.54) is 0 Å². The van der Waals surface area contributed by atoms with E-state index in [0.29, 0.717) is 10.8 Å². The van der Waals surface area contributed by atoms with E-state index >= 15 is 0 Å². The molecule has 5 nitrogen and oxygen atoms in total. The summed E-state index contributed by atoms with van der Waals surface area (Å²) < 4.78 is 5.27. The lowest BCUT2D eigenvalue weighted by Crippen LogP contribution is -1.96. The number of fused-ring (bicyclic) bond motifs is 1. The maximum absolute atomic E-state index is 6.07. The molecule has 0 bridgehead atoms. The highest BCUT2D eigenvalue weighted by Gasteiger charge is 2.08. The Morgan fingerprint density at radius 1 is 0.962 bits per heavy atom. The lowest BCUT2D eigenvalue weighted by Gasteiger charge is -2.10. The molecular formula is C20H15ClN4O. The van der Waals surface area contributed by atoms with Crippen LogP contribution in [0.2, 0.25) is 5.02 Å². The van der Waals surface area contributed by atoms with Crippen molar-refractivity contribution in [1.29, 1.82) is 0 Å². The number of hydrogen-bond donors (Lipinski definition) is 1. The Kier molecular flexibility index (Phi) is 4.37. The molecule has 1 N–H and O–H groups in total. The summed E-state index contributed by atoms with van der Waals surface area (Å²) in [6.07, 6.45) is 5.03. The largest absolute Gasteiger partial charge is 0.495 e. The SMILES string of the molecule is COc1cncc(-c2ccc3ncnc(Nc4cccc(Cl)c4)c3c2)c1. The molecule has 2 aromatic carbocycles. The highest BCUT2D eigenvalue weighted by Crippen LogP contribution is 2.30. The van der Waals surface area contributed by atoms with Gasteiger partial charge in [0.05, 0.1) is 18.8 Å². The molecule has 0 spiro atoms. The smallest absolute Gasteiger partial charge is 0.141 e. The third kappa shape index (κ3) is 3.30. The molecular weight excluding hydrogens is 348 g/mol. The number of methoxy groups -OCH3 is 1. The number of rotatable bonds is 4. The molecule has 0 aliphatic carbocycles. The molecule has 0 aliphatic rings. The van der Waals surface area contributed by atoms with Gasteiger partial charge in [-0.3, -0.25) is 4.98 Å². The Morgan fingerprint density at radius 2 is 1.88 bits per heavy atom. The predicted molar refractivity (Wildman–Crippen MR) is 104 cm³/mol. The first-order valence-corrected chi connectivity index (χ1v) is 8.37. The van der Waals surface area contributed by atoms with Crippen molar-refractivity contribution in [2.75, 3.05) is 12.4 Å². The highest BCUT2D eigenvalue weighted by atomic mass is 35.5. The van der Waals surface area contributed by atoms with Crippen LogP contribution in [-0.2, 0) is 0 Å². The third-order valence-electron chi connectivity index (χ3n) is 4.00. The van der Waals surface area contributed by atoms with E-state index in [4.69, 9.17) is 16.3 Å². The molecule has 6 heteroatoms. The number of nitrogens with zero attached hydrogens (tertiary/aromatic N) is 3. The number of nitrogens with one attached hydrogen (secondary N) is 1. The van der Waals surface area contributed by atoms with Gasteiger partial charge in [0.15, 0.2) is 0 Å². The molecule has 0 saturated heterocycles. The fraction of sp³-hybridized carbons (Fsp3) is 0.0500. The van der Waals surface area contributed by atoms with Crippen LogP contribution in [0, 0.1) is 0 Å². The van der Waals surface area contributed by atoms with Gasteiger partial charge >= 0.3 is 0 Å². The summed E-state index contributed by atoms with van der Waals surface area (Å²) >= 11 is 6.07. The summed E-state index contributed by atoms with van der Waals surface area (Å²) in [5, 5.41) is 4.89. The van der Waals surface area contributed by atoms with Gasteiger partial charge in [-0.25, -0.2) is 9.97 Å². The van der Waals surface area contributed by atoms with Crippen LogP contribution in [0.15, 0.2) is 67.3 Å². The number of anilines is 2. The number of ether oxygens (including phenoxy) is 1. The van der Waals surface area contributed by atoms with E-state index < -0.39 is 0 Å². The van der Waals surface area contributed by atoms with Crippen LogP contribution in [0.1, 0.15) is 0 Å². The van der Waals surface area contributed by atoms with Crippen LogP contribution in [-0.4, -0.2) is 22.1 Å². The van der Waals surface area contributed by atoms with Gasteiger partial charge in [-0.2, -0.15) is 0 Å². The third-order valence-corrected chi connectivity index (χ3v) is 4.24. The van der Waals surface area contributed by atoms with Crippen LogP contribution in [0.4, 0.5) is 11.5 Å². The zero-order chi connectivity index (χ0) is 17.9. The zero-order valence-electron chi connectivity index (χ0n) is 14.0. The molecule has 4 rings (SSSR count). The van der Waals surface area contributed by atoms with Gasteiger partial charge in [0.2, 0.25) is 0 Å². The van der Waals surface area contributed by atoms with Gasteiger partial charge in [0, 0.05) is 27.9 Å². The first-order chi connectivity index (χ1) is 12.7. The molecule has 0 amide bonds. The molecule has 0 unspecified atom stereocenters. The number of aromatic nitrogens is 3. The minimum absolute atomic E-state index is 0.663. The van der Waals surface area contributed by atoms with E-state index in [0.717, 1.165) is 33.5 Å². The molecule has 4 aromatic rings. The zero-order valence-corrected chi connectivity index (χ0v) is 14.7. The fourth-order valence-electron chi connectivity index (χ4n) is 2.73. The van der Waals surface area contributed by atoms with Gasteiger partial charge in [0.25, 0.3) is 0 Å². The van der Waals surface area contributed by atoms with Crippen LogP contribution in [0.5, 0.6) is 5.75 Å². The second kappa shape index (κ2) is 6.98. The quantitative estimate of drug-likeness (QED) is 0.547. The Morgan fingerprint density at radius 3 is 2.73 bits per heavy atom. The molecule has 0 aliphatic heterocycles. The molecule has 2 aromatic heterocycles. The van der Waals surface area contributed by atoms with Gasteiger partial charge in [0.1, 0.15) is 17.9 Å². The van der Waals surface area contributed by atoms with Gasteiger partial charge in [-0.1, -0.05) is 23.7 Å². The highest BCUT2D eigenvalue weighted by molar-refractivity contribution is 6.30. The lowest BCUT2D eigenvalue weighted by molar-refractivity contribution is 0.413. The average molecular weight is 363 g/mol. The minimum Gasteiger partial charge on any atom is -0.495 e. The van der Waals surface area contributed by atoms with Crippen molar-refractivity contribution in [3.8, 4) is 16.9 Å². The van der Waals surface area contributed by atoms with Crippen LogP contribution in [0.25, 0.3) is 22.0 Å². The standard InChI is InChI=1S/C20H15ClN4O/c1-26-17-7-14(10-22-11-17)13-5-6-19-18(8-13)20(24-12-23-19)25-16-4-2-3-15(21)9-16/h2-12H,1H3,(H,23,24,25). The maximum atomic E-state index is 6.07. The van der Waals surface area contributed by atoms with Crippen molar-refractivity contribution in [3.63, 3.8) is 0 Å². The Labute approximate surface area is 155 Å². The van der Waals surface area contributed by atoms with Gasteiger partial charge < -0.3 is 10.1 Å². The van der Waals surface area contributed by atoms with Crippen molar-refractivity contribution in [2.45, 2.75) is 0 Å². The summed E-state index contributed by atoms with van der Waals surface area (Å²) in [6, 6.07) is 15.5. The second-order valence-electron chi connectivity index (χ2n) is 5.70. The summed E-state index contributed by atoms with van der Waals surface area (Å²) in [5.41, 5.74) is 3.69. The maximum Gasteiger partial charge on any atom is 0.141 e. The van der Waals surface area contributed by atoms with E-state index in [1.54, 1.807) is 25.8 Å². The van der Waals surface area contributed by atoms with Crippen LogP contribution < -0.4 is 10.1 Å². The Bertz CT molecular complexity index is 1080. The van der Waals surface area contributed by atoms with Crippen molar-refractivity contribution in [2.24, 2.45) is 0 Å². The lowest BCUT2D eigenvalue weighted by atomic mass is 10.0. The fourth-order valence-corrected chi connectivity index (χ4v) is 2.92. The van der Waals surface area contributed by atoms with Crippen LogP contribution >= 0.6 is 11.6 Å². The normalized spacial score (nSPS) is 10.7. The minimum atomic E-state index is 0.663. The van der Waals surface area contributed by atoms with Crippen molar-refractivity contribution in [3.05, 3.63) is 72.3 Å². The number of benzene rings is 2. The van der Waals surface area contributed by atoms with E-state index in [1.807, 2.05) is 48.5 Å². The predicted octanol–water partition coefficient (Wildman–Crippen LogP) is 5.10. The molecule has 2 heterocycles. The van der Waals surface area contributed by atoms with Gasteiger partial charge in [-0.15, -0.1) is 0 Å². The molecule has 0 saturated carbocycles. The summed E-state index contributed by atoms with van der Waals surface area (Å²) in [6.45, 7) is 0. The Hall–Kier alpha value is -3.18.